The Labute approximate surface area is 194 Å². The first kappa shape index (κ1) is 24.5. The molecule has 2 aromatic carbocycles. The average Bonchev–Trinajstić information content (AvgIpc) is 2.91. The van der Waals surface area contributed by atoms with E-state index >= 15 is 0 Å². The van der Waals surface area contributed by atoms with Gasteiger partial charge in [0, 0.05) is 17.8 Å². The molecular weight excluding hydrogens is 455 g/mol. The van der Waals surface area contributed by atoms with Gasteiger partial charge in [0.25, 0.3) is 5.91 Å². The highest BCUT2D eigenvalue weighted by Gasteiger charge is 2.51. The number of aryl methyl sites for hydroxylation is 1. The lowest BCUT2D eigenvalue weighted by Gasteiger charge is -2.33. The van der Waals surface area contributed by atoms with Crippen LogP contribution >= 0.6 is 12.6 Å². The molecule has 0 spiro atoms. The zero-order valence-electron chi connectivity index (χ0n) is 17.9. The van der Waals surface area contributed by atoms with E-state index in [2.05, 4.69) is 12.6 Å². The maximum Gasteiger partial charge on any atom is 0.417 e. The van der Waals surface area contributed by atoms with Crippen molar-refractivity contribution < 1.29 is 27.9 Å². The number of hydrogen-bond donors (Lipinski definition) is 2. The Morgan fingerprint density at radius 1 is 1.18 bits per heavy atom. The van der Waals surface area contributed by atoms with E-state index in [0.717, 1.165) is 17.7 Å². The highest BCUT2D eigenvalue weighted by molar-refractivity contribution is 7.81. The van der Waals surface area contributed by atoms with Gasteiger partial charge in [-0.15, -0.1) is 12.6 Å². The maximum absolute atomic E-state index is 13.4. The number of nitrogens with zero attached hydrogens (tertiary/aromatic N) is 3. The average molecular weight is 478 g/mol. The Bertz CT molecular complexity index is 1110. The summed E-state index contributed by atoms with van der Waals surface area (Å²) in [7, 11) is 0. The summed E-state index contributed by atoms with van der Waals surface area (Å²) in [6.45, 7) is 3.32. The van der Waals surface area contributed by atoms with Crippen LogP contribution in [0.1, 0.15) is 43.4 Å². The summed E-state index contributed by atoms with van der Waals surface area (Å²) in [4.78, 5) is 26.8. The van der Waals surface area contributed by atoms with E-state index in [1.807, 2.05) is 12.1 Å². The van der Waals surface area contributed by atoms with Gasteiger partial charge in [-0.2, -0.15) is 18.4 Å². The van der Waals surface area contributed by atoms with E-state index in [-0.39, 0.29) is 12.1 Å². The van der Waals surface area contributed by atoms with Crippen molar-refractivity contribution in [1.29, 1.82) is 5.26 Å². The number of alkyl halides is 3. The summed E-state index contributed by atoms with van der Waals surface area (Å²) >= 11 is 4.56. The Morgan fingerprint density at radius 3 is 2.33 bits per heavy atom. The number of nitriles is 1. The summed E-state index contributed by atoms with van der Waals surface area (Å²) < 4.78 is 40.3. The second kappa shape index (κ2) is 8.98. The quantitative estimate of drug-likeness (QED) is 0.583. The van der Waals surface area contributed by atoms with Crippen LogP contribution in [-0.2, 0) is 22.2 Å². The minimum atomic E-state index is -4.75. The van der Waals surface area contributed by atoms with Crippen molar-refractivity contribution in [3.8, 4) is 6.07 Å². The van der Waals surface area contributed by atoms with E-state index in [0.29, 0.717) is 18.5 Å². The number of amides is 1. The van der Waals surface area contributed by atoms with Gasteiger partial charge in [0.15, 0.2) is 5.50 Å². The predicted molar refractivity (Wildman–Crippen MR) is 120 cm³/mol. The largest absolute Gasteiger partial charge is 0.481 e. The van der Waals surface area contributed by atoms with Gasteiger partial charge in [0.1, 0.15) is 5.54 Å². The molecule has 33 heavy (non-hydrogen) atoms. The number of halogens is 3. The molecule has 3 rings (SSSR count). The van der Waals surface area contributed by atoms with Crippen LogP contribution in [0.4, 0.5) is 24.5 Å². The first-order valence-electron chi connectivity index (χ1n) is 10.1. The molecule has 1 unspecified atom stereocenters. The van der Waals surface area contributed by atoms with Crippen molar-refractivity contribution >= 4 is 35.9 Å². The summed E-state index contributed by atoms with van der Waals surface area (Å²) in [5, 5.41) is 17.8. The minimum absolute atomic E-state index is 0.00723. The van der Waals surface area contributed by atoms with E-state index in [1.165, 1.54) is 17.0 Å². The highest BCUT2D eigenvalue weighted by atomic mass is 32.1. The molecule has 174 valence electrons. The lowest BCUT2D eigenvalue weighted by molar-refractivity contribution is -0.138. The van der Waals surface area contributed by atoms with Crippen molar-refractivity contribution in [1.82, 2.24) is 0 Å². The standard InChI is InChI=1S/C23H22F3N3O3S/c1-22(2)20(32)28(17-11-8-15(13-27)18(12-17)23(24,25)26)21(33)29(22)16-9-6-14(7-10-16)4-3-5-19(30)31/h6-12,21,33H,3-5H2,1-2H3,(H,30,31). The number of carboxylic acids is 1. The second-order valence-electron chi connectivity index (χ2n) is 8.20. The van der Waals surface area contributed by atoms with Crippen LogP contribution < -0.4 is 9.80 Å². The van der Waals surface area contributed by atoms with E-state index in [1.54, 1.807) is 30.9 Å². The van der Waals surface area contributed by atoms with E-state index in [4.69, 9.17) is 10.4 Å². The Kier molecular flexibility index (Phi) is 6.65. The van der Waals surface area contributed by atoms with Gasteiger partial charge >= 0.3 is 12.1 Å². The van der Waals surface area contributed by atoms with Crippen molar-refractivity contribution in [3.63, 3.8) is 0 Å². The Morgan fingerprint density at radius 2 is 1.79 bits per heavy atom. The fourth-order valence-electron chi connectivity index (χ4n) is 3.89. The first-order chi connectivity index (χ1) is 15.4. The van der Waals surface area contributed by atoms with Crippen LogP contribution in [0.15, 0.2) is 42.5 Å². The second-order valence-corrected chi connectivity index (χ2v) is 8.67. The lowest BCUT2D eigenvalue weighted by atomic mass is 10.0. The monoisotopic (exact) mass is 477 g/mol. The highest BCUT2D eigenvalue weighted by Crippen LogP contribution is 2.42. The van der Waals surface area contributed by atoms with Gasteiger partial charge in [0.2, 0.25) is 0 Å². The van der Waals surface area contributed by atoms with E-state index < -0.39 is 40.2 Å². The Hall–Kier alpha value is -3.19. The molecule has 1 aliphatic rings. The summed E-state index contributed by atoms with van der Waals surface area (Å²) in [6.07, 6.45) is -3.61. The molecule has 2 aromatic rings. The summed E-state index contributed by atoms with van der Waals surface area (Å²) in [5.41, 5.74) is -2.07. The number of rotatable bonds is 6. The van der Waals surface area contributed by atoms with Gasteiger partial charge < -0.3 is 10.0 Å². The third-order valence-electron chi connectivity index (χ3n) is 5.58. The molecular formula is C23H22F3N3O3S. The van der Waals surface area contributed by atoms with Crippen LogP contribution in [0.25, 0.3) is 0 Å². The molecule has 1 heterocycles. The SMILES string of the molecule is CC1(C)C(=O)N(c2ccc(C#N)c(C(F)(F)F)c2)C(S)N1c1ccc(CCCC(=O)O)cc1. The van der Waals surface area contributed by atoms with Crippen LogP contribution in [0.2, 0.25) is 0 Å². The number of thiol groups is 1. The molecule has 1 amide bonds. The molecule has 0 bridgehead atoms. The molecule has 10 heteroatoms. The molecule has 1 atom stereocenters. The van der Waals surface area contributed by atoms with Crippen LogP contribution in [-0.4, -0.2) is 28.0 Å². The van der Waals surface area contributed by atoms with Gasteiger partial charge in [0.05, 0.1) is 17.2 Å². The molecule has 0 saturated carbocycles. The van der Waals surface area contributed by atoms with Crippen LogP contribution in [0.3, 0.4) is 0 Å². The smallest absolute Gasteiger partial charge is 0.417 e. The third-order valence-corrected chi connectivity index (χ3v) is 6.05. The third kappa shape index (κ3) is 4.78. The first-order valence-corrected chi connectivity index (χ1v) is 10.6. The van der Waals surface area contributed by atoms with Gasteiger partial charge in [-0.05, 0) is 62.6 Å². The van der Waals surface area contributed by atoms with Gasteiger partial charge in [-0.1, -0.05) is 12.1 Å². The van der Waals surface area contributed by atoms with Crippen LogP contribution in [0.5, 0.6) is 0 Å². The molecule has 1 aliphatic heterocycles. The summed E-state index contributed by atoms with van der Waals surface area (Å²) in [6, 6.07) is 11.9. The van der Waals surface area contributed by atoms with Gasteiger partial charge in [-0.25, -0.2) is 0 Å². The van der Waals surface area contributed by atoms with Crippen LogP contribution in [0, 0.1) is 11.3 Å². The van der Waals surface area contributed by atoms with Crippen molar-refractivity contribution in [2.75, 3.05) is 9.80 Å². The Balaban J connectivity index is 1.93. The topological polar surface area (TPSA) is 84.6 Å². The normalized spacial score (nSPS) is 17.8. The van der Waals surface area contributed by atoms with Crippen molar-refractivity contribution in [2.24, 2.45) is 0 Å². The maximum atomic E-state index is 13.4. The fourth-order valence-corrected chi connectivity index (χ4v) is 4.55. The number of carboxylic acid groups (broad SMARTS) is 1. The molecule has 1 saturated heterocycles. The minimum Gasteiger partial charge on any atom is -0.481 e. The molecule has 0 aliphatic carbocycles. The number of anilines is 2. The molecule has 1 N–H and O–H groups in total. The van der Waals surface area contributed by atoms with Crippen molar-refractivity contribution in [3.05, 3.63) is 59.2 Å². The number of carbonyl (C=O) groups excluding carboxylic acids is 1. The number of carbonyl (C=O) groups is 2. The molecule has 0 aromatic heterocycles. The summed E-state index contributed by atoms with van der Waals surface area (Å²) in [5.74, 6) is -1.30. The zero-order valence-corrected chi connectivity index (χ0v) is 18.8. The zero-order chi connectivity index (χ0) is 24.6. The number of benzene rings is 2. The van der Waals surface area contributed by atoms with E-state index in [9.17, 15) is 22.8 Å². The predicted octanol–water partition coefficient (Wildman–Crippen LogP) is 4.83. The number of hydrogen-bond acceptors (Lipinski definition) is 5. The fraction of sp³-hybridized carbons (Fsp3) is 0.348. The number of aliphatic carboxylic acids is 1. The van der Waals surface area contributed by atoms with Gasteiger partial charge in [-0.3, -0.25) is 14.5 Å². The lowest BCUT2D eigenvalue weighted by Crippen LogP contribution is -2.44. The molecule has 1 fully saturated rings. The molecule has 6 nitrogen and oxygen atoms in total. The van der Waals surface area contributed by atoms with Crippen molar-refractivity contribution in [2.45, 2.75) is 50.3 Å². The molecule has 0 radical (unpaired) electrons.